The van der Waals surface area contributed by atoms with Gasteiger partial charge in [0, 0.05) is 37.2 Å². The molecular weight excluding hydrogens is 528 g/mol. The molecule has 4 rings (SSSR count). The fourth-order valence-corrected chi connectivity index (χ4v) is 4.45. The normalized spacial score (nSPS) is 14.1. The second-order valence-electron chi connectivity index (χ2n) is 7.41. The van der Waals surface area contributed by atoms with Gasteiger partial charge in [-0.2, -0.15) is 0 Å². The number of rotatable bonds is 5. The van der Waals surface area contributed by atoms with Gasteiger partial charge in [-0.05, 0) is 30.3 Å². The third-order valence-electron chi connectivity index (χ3n) is 5.14. The van der Waals surface area contributed by atoms with Gasteiger partial charge in [0.05, 0.1) is 15.6 Å². The Balaban J connectivity index is 1.37. The van der Waals surface area contributed by atoms with Crippen molar-refractivity contribution >= 4 is 57.2 Å². The molecule has 7 nitrogen and oxygen atoms in total. The first kappa shape index (κ1) is 25.1. The summed E-state index contributed by atoms with van der Waals surface area (Å²) in [5, 5.41) is 4.90. The maximum atomic E-state index is 12.9. The van der Waals surface area contributed by atoms with Crippen molar-refractivity contribution < 1.29 is 27.5 Å². The molecule has 1 saturated heterocycles. The van der Waals surface area contributed by atoms with E-state index in [1.807, 2.05) is 6.07 Å². The molecule has 0 atom stereocenters. The smallest absolute Gasteiger partial charge is 0.405 e. The number of aromatic nitrogens is 1. The lowest BCUT2D eigenvalue weighted by Crippen LogP contribution is -2.48. The number of amides is 2. The summed E-state index contributed by atoms with van der Waals surface area (Å²) in [6.07, 6.45) is -4.94. The molecular formula is C22H17Cl2F3N4O3S. The van der Waals surface area contributed by atoms with Crippen molar-refractivity contribution in [3.8, 4) is 5.75 Å². The lowest BCUT2D eigenvalue weighted by Gasteiger charge is -2.36. The fraction of sp³-hybridized carbons (Fsp3) is 0.227. The maximum absolute atomic E-state index is 12.9. The minimum Gasteiger partial charge on any atom is -0.405 e. The number of carbonyl (C=O) groups is 2. The van der Waals surface area contributed by atoms with E-state index in [0.29, 0.717) is 36.2 Å². The number of benzene rings is 2. The van der Waals surface area contributed by atoms with Crippen molar-refractivity contribution in [3.63, 3.8) is 0 Å². The van der Waals surface area contributed by atoms with Gasteiger partial charge < -0.3 is 14.5 Å². The summed E-state index contributed by atoms with van der Waals surface area (Å²) in [4.78, 5) is 33.2. The molecule has 2 heterocycles. The molecule has 13 heteroatoms. The van der Waals surface area contributed by atoms with Gasteiger partial charge in [0.15, 0.2) is 5.13 Å². The SMILES string of the molecule is O=C(Nc1nc(C(=O)N2CCN(c3ccc(Cl)c(Cl)c3)CC2)cs1)c1ccccc1OC(F)(F)F. The summed E-state index contributed by atoms with van der Waals surface area (Å²) >= 11 is 13.0. The highest BCUT2D eigenvalue weighted by Crippen LogP contribution is 2.29. The molecule has 184 valence electrons. The summed E-state index contributed by atoms with van der Waals surface area (Å²) in [5.74, 6) is -1.78. The van der Waals surface area contributed by atoms with Crippen LogP contribution in [0.3, 0.4) is 0 Å². The highest BCUT2D eigenvalue weighted by atomic mass is 35.5. The number of thiazole rings is 1. The lowest BCUT2D eigenvalue weighted by molar-refractivity contribution is -0.274. The number of hydrogen-bond acceptors (Lipinski definition) is 6. The molecule has 1 fully saturated rings. The molecule has 35 heavy (non-hydrogen) atoms. The van der Waals surface area contributed by atoms with Gasteiger partial charge in [0.25, 0.3) is 11.8 Å². The first-order valence-corrected chi connectivity index (χ1v) is 11.9. The van der Waals surface area contributed by atoms with E-state index in [1.54, 1.807) is 17.0 Å². The van der Waals surface area contributed by atoms with E-state index in [0.717, 1.165) is 23.1 Å². The van der Waals surface area contributed by atoms with Crippen molar-refractivity contribution in [1.82, 2.24) is 9.88 Å². The zero-order valence-corrected chi connectivity index (χ0v) is 20.1. The standard InChI is InChI=1S/C22H17Cl2F3N4O3S/c23-15-6-5-13(11-16(15)24)30-7-9-31(10-8-30)20(33)17-12-35-21(28-17)29-19(32)14-3-1-2-4-18(14)34-22(25,26)27/h1-6,11-12H,7-10H2,(H,28,29,32). The number of nitrogens with zero attached hydrogens (tertiary/aromatic N) is 3. The molecule has 0 unspecified atom stereocenters. The highest BCUT2D eigenvalue weighted by Gasteiger charge is 2.33. The van der Waals surface area contributed by atoms with E-state index in [1.165, 1.54) is 23.6 Å². The van der Waals surface area contributed by atoms with Crippen LogP contribution in [0.4, 0.5) is 24.0 Å². The second kappa shape index (κ2) is 10.3. The highest BCUT2D eigenvalue weighted by molar-refractivity contribution is 7.14. The van der Waals surface area contributed by atoms with Crippen molar-refractivity contribution in [2.24, 2.45) is 0 Å². The monoisotopic (exact) mass is 544 g/mol. The first-order valence-electron chi connectivity index (χ1n) is 10.2. The Morgan fingerprint density at radius 1 is 1.03 bits per heavy atom. The number of nitrogens with one attached hydrogen (secondary N) is 1. The number of para-hydroxylation sites is 1. The van der Waals surface area contributed by atoms with Crippen LogP contribution in [0.15, 0.2) is 47.8 Å². The summed E-state index contributed by atoms with van der Waals surface area (Å²) in [7, 11) is 0. The number of alkyl halides is 3. The van der Waals surface area contributed by atoms with E-state index >= 15 is 0 Å². The minimum absolute atomic E-state index is 0.0783. The van der Waals surface area contributed by atoms with Crippen molar-refractivity contribution in [2.75, 3.05) is 36.4 Å². The molecule has 0 radical (unpaired) electrons. The van der Waals surface area contributed by atoms with Crippen molar-refractivity contribution in [1.29, 1.82) is 0 Å². The van der Waals surface area contributed by atoms with Crippen LogP contribution in [-0.2, 0) is 0 Å². The van der Waals surface area contributed by atoms with Gasteiger partial charge in [-0.1, -0.05) is 35.3 Å². The summed E-state index contributed by atoms with van der Waals surface area (Å²) < 4.78 is 41.8. The Morgan fingerprint density at radius 3 is 2.43 bits per heavy atom. The van der Waals surface area contributed by atoms with E-state index in [9.17, 15) is 22.8 Å². The van der Waals surface area contributed by atoms with Crippen molar-refractivity contribution in [2.45, 2.75) is 6.36 Å². The number of ether oxygens (including phenoxy) is 1. The van der Waals surface area contributed by atoms with Gasteiger partial charge in [-0.25, -0.2) is 4.98 Å². The van der Waals surface area contributed by atoms with Crippen LogP contribution < -0.4 is 15.0 Å². The van der Waals surface area contributed by atoms with Crippen molar-refractivity contribution in [3.05, 3.63) is 69.1 Å². The van der Waals surface area contributed by atoms with Crippen LogP contribution in [0, 0.1) is 0 Å². The molecule has 3 aromatic rings. The Morgan fingerprint density at radius 2 is 1.74 bits per heavy atom. The van der Waals surface area contributed by atoms with Crippen LogP contribution in [0.5, 0.6) is 5.75 Å². The zero-order chi connectivity index (χ0) is 25.2. The lowest BCUT2D eigenvalue weighted by atomic mass is 10.2. The Bertz CT molecular complexity index is 1250. The van der Waals surface area contributed by atoms with Gasteiger partial charge in [-0.15, -0.1) is 24.5 Å². The quantitative estimate of drug-likeness (QED) is 0.455. The van der Waals surface area contributed by atoms with E-state index in [-0.39, 0.29) is 22.3 Å². The third-order valence-corrected chi connectivity index (χ3v) is 6.63. The van der Waals surface area contributed by atoms with Crippen LogP contribution in [0.1, 0.15) is 20.8 Å². The molecule has 2 aromatic carbocycles. The van der Waals surface area contributed by atoms with E-state index < -0.39 is 18.0 Å². The van der Waals surface area contributed by atoms with Gasteiger partial charge in [0.2, 0.25) is 0 Å². The molecule has 1 aromatic heterocycles. The first-order chi connectivity index (χ1) is 16.6. The van der Waals surface area contributed by atoms with Crippen LogP contribution in [0.2, 0.25) is 10.0 Å². The maximum Gasteiger partial charge on any atom is 0.573 e. The van der Waals surface area contributed by atoms with E-state index in [2.05, 4.69) is 19.9 Å². The Hall–Kier alpha value is -3.02. The Labute approximate surface area is 212 Å². The summed E-state index contributed by atoms with van der Waals surface area (Å²) in [6, 6.07) is 10.3. The molecule has 1 aliphatic heterocycles. The van der Waals surface area contributed by atoms with Crippen LogP contribution in [-0.4, -0.2) is 54.2 Å². The molecule has 1 aliphatic rings. The van der Waals surface area contributed by atoms with Gasteiger partial charge in [0.1, 0.15) is 11.4 Å². The molecule has 0 saturated carbocycles. The summed E-state index contributed by atoms with van der Waals surface area (Å²) in [5.41, 5.74) is 0.722. The van der Waals surface area contributed by atoms with E-state index in [4.69, 9.17) is 23.2 Å². The predicted molar refractivity (Wildman–Crippen MR) is 128 cm³/mol. The largest absolute Gasteiger partial charge is 0.573 e. The summed E-state index contributed by atoms with van der Waals surface area (Å²) in [6.45, 7) is 2.04. The van der Waals surface area contributed by atoms with Gasteiger partial charge >= 0.3 is 6.36 Å². The number of carbonyl (C=O) groups excluding carboxylic acids is 2. The van der Waals surface area contributed by atoms with Gasteiger partial charge in [-0.3, -0.25) is 14.9 Å². The average Bonchev–Trinajstić information content (AvgIpc) is 3.28. The predicted octanol–water partition coefficient (Wildman–Crippen LogP) is 5.56. The second-order valence-corrected chi connectivity index (χ2v) is 9.09. The number of halogens is 5. The molecule has 1 N–H and O–H groups in total. The third kappa shape index (κ3) is 6.16. The minimum atomic E-state index is -4.94. The zero-order valence-electron chi connectivity index (χ0n) is 17.8. The van der Waals surface area contributed by atoms with Crippen LogP contribution >= 0.6 is 34.5 Å². The molecule has 0 spiro atoms. The van der Waals surface area contributed by atoms with Crippen LogP contribution in [0.25, 0.3) is 0 Å². The molecule has 2 amide bonds. The molecule has 0 aliphatic carbocycles. The number of hydrogen-bond donors (Lipinski definition) is 1. The molecule has 0 bridgehead atoms. The number of piperazine rings is 1. The fourth-order valence-electron chi connectivity index (χ4n) is 3.47. The average molecular weight is 545 g/mol. The number of anilines is 2. The Kier molecular flexibility index (Phi) is 7.39. The topological polar surface area (TPSA) is 74.8 Å².